The van der Waals surface area contributed by atoms with Gasteiger partial charge in [0.1, 0.15) is 0 Å². The Morgan fingerprint density at radius 3 is 2.60 bits per heavy atom. The molecule has 2 N–H and O–H groups in total. The quantitative estimate of drug-likeness (QED) is 0.629. The molecule has 2 saturated heterocycles. The fourth-order valence-corrected chi connectivity index (χ4v) is 4.15. The summed E-state index contributed by atoms with van der Waals surface area (Å²) in [5.74, 6) is -1.23. The number of carbonyl (C=O) groups is 1. The molecule has 6 nitrogen and oxygen atoms in total. The van der Waals surface area contributed by atoms with Gasteiger partial charge in [0.2, 0.25) is 10.0 Å². The molecule has 0 amide bonds. The molecule has 2 unspecified atom stereocenters. The second kappa shape index (κ2) is 3.73. The third kappa shape index (κ3) is 1.75. The maximum absolute atomic E-state index is 11.8. The number of hydrogen-bond donors (Lipinski definition) is 2. The molecule has 0 aliphatic carbocycles. The molecule has 2 aliphatic rings. The normalized spacial score (nSPS) is 35.7. The van der Waals surface area contributed by atoms with Crippen LogP contribution >= 0.6 is 0 Å². The Balaban J connectivity index is 2.19. The molecule has 0 aromatic heterocycles. The number of nitrogens with zero attached hydrogens (tertiary/aromatic N) is 1. The molecule has 0 saturated carbocycles. The Bertz CT molecular complexity index is 361. The summed E-state index contributed by atoms with van der Waals surface area (Å²) in [6.45, 7) is 1.77. The highest BCUT2D eigenvalue weighted by molar-refractivity contribution is 7.90. The Morgan fingerprint density at radius 1 is 1.40 bits per heavy atom. The van der Waals surface area contributed by atoms with Gasteiger partial charge in [0.05, 0.1) is 0 Å². The largest absolute Gasteiger partial charge is 0.480 e. The van der Waals surface area contributed by atoms with E-state index in [4.69, 9.17) is 5.11 Å². The van der Waals surface area contributed by atoms with E-state index in [1.54, 1.807) is 0 Å². The number of aliphatic carboxylic acids is 1. The minimum Gasteiger partial charge on any atom is -0.480 e. The molecule has 15 heavy (non-hydrogen) atoms. The van der Waals surface area contributed by atoms with Crippen LogP contribution in [0.2, 0.25) is 0 Å². The van der Waals surface area contributed by atoms with Crippen LogP contribution in [0.3, 0.4) is 0 Å². The van der Waals surface area contributed by atoms with E-state index in [1.165, 1.54) is 4.31 Å². The Morgan fingerprint density at radius 2 is 2.13 bits per heavy atom. The molecule has 0 spiro atoms. The number of sulfonamides is 1. The maximum atomic E-state index is 11.8. The molecule has 7 heteroatoms. The van der Waals surface area contributed by atoms with E-state index in [0.29, 0.717) is 13.1 Å². The molecular formula is C8H14N2O4S. The van der Waals surface area contributed by atoms with Gasteiger partial charge in [-0.3, -0.25) is 4.79 Å². The summed E-state index contributed by atoms with van der Waals surface area (Å²) in [6, 6.07) is -0.0562. The summed E-state index contributed by atoms with van der Waals surface area (Å²) >= 11 is 0. The van der Waals surface area contributed by atoms with Crippen molar-refractivity contribution in [1.29, 1.82) is 0 Å². The predicted molar refractivity (Wildman–Crippen MR) is 52.9 cm³/mol. The van der Waals surface area contributed by atoms with Gasteiger partial charge in [0.25, 0.3) is 0 Å². The molecule has 86 valence electrons. The Kier molecular flexibility index (Phi) is 2.70. The lowest BCUT2D eigenvalue weighted by Crippen LogP contribution is -2.41. The summed E-state index contributed by atoms with van der Waals surface area (Å²) in [5.41, 5.74) is 0. The molecule has 2 rings (SSSR count). The highest BCUT2D eigenvalue weighted by atomic mass is 32.2. The highest BCUT2D eigenvalue weighted by Gasteiger charge is 2.46. The first-order chi connectivity index (χ1) is 7.03. The second-order valence-electron chi connectivity index (χ2n) is 3.92. The molecule has 2 heterocycles. The van der Waals surface area contributed by atoms with Gasteiger partial charge < -0.3 is 10.4 Å². The van der Waals surface area contributed by atoms with Crippen molar-refractivity contribution in [1.82, 2.24) is 9.62 Å². The zero-order valence-corrected chi connectivity index (χ0v) is 9.03. The third-order valence-corrected chi connectivity index (χ3v) is 5.31. The Hall–Kier alpha value is -0.660. The van der Waals surface area contributed by atoms with Crippen LogP contribution in [0, 0.1) is 0 Å². The van der Waals surface area contributed by atoms with Gasteiger partial charge in [0, 0.05) is 19.1 Å². The first-order valence-electron chi connectivity index (χ1n) is 4.97. The average molecular weight is 234 g/mol. The maximum Gasteiger partial charge on any atom is 0.323 e. The molecule has 0 aromatic rings. The SMILES string of the molecule is O=C(O)C1CCN(C2CCNC2)S1(=O)=O. The monoisotopic (exact) mass is 234 g/mol. The topological polar surface area (TPSA) is 86.7 Å². The van der Waals surface area contributed by atoms with Crippen molar-refractivity contribution in [2.45, 2.75) is 24.1 Å². The van der Waals surface area contributed by atoms with Crippen LogP contribution in [-0.2, 0) is 14.8 Å². The molecule has 2 atom stereocenters. The summed E-state index contributed by atoms with van der Waals surface area (Å²) in [7, 11) is -3.62. The lowest BCUT2D eigenvalue weighted by Gasteiger charge is -2.21. The average Bonchev–Trinajstić information content (AvgIpc) is 2.70. The number of carboxylic acid groups (broad SMARTS) is 1. The molecular weight excluding hydrogens is 220 g/mol. The van der Waals surface area contributed by atoms with Gasteiger partial charge >= 0.3 is 5.97 Å². The molecule has 0 radical (unpaired) electrons. The van der Waals surface area contributed by atoms with Crippen LogP contribution < -0.4 is 5.32 Å². The smallest absolute Gasteiger partial charge is 0.323 e. The summed E-state index contributed by atoms with van der Waals surface area (Å²) in [4.78, 5) is 10.8. The van der Waals surface area contributed by atoms with Crippen molar-refractivity contribution < 1.29 is 18.3 Å². The van der Waals surface area contributed by atoms with Crippen molar-refractivity contribution in [3.63, 3.8) is 0 Å². The predicted octanol–water partition coefficient (Wildman–Crippen LogP) is -1.16. The third-order valence-electron chi connectivity index (χ3n) is 3.02. The molecule has 2 aliphatic heterocycles. The van der Waals surface area contributed by atoms with Crippen LogP contribution in [0.25, 0.3) is 0 Å². The van der Waals surface area contributed by atoms with Crippen molar-refractivity contribution in [3.05, 3.63) is 0 Å². The first-order valence-corrected chi connectivity index (χ1v) is 6.48. The fourth-order valence-electron chi connectivity index (χ4n) is 2.21. The van der Waals surface area contributed by atoms with Gasteiger partial charge in [-0.2, -0.15) is 4.31 Å². The van der Waals surface area contributed by atoms with Crippen molar-refractivity contribution in [2.24, 2.45) is 0 Å². The first kappa shape index (κ1) is 10.8. The van der Waals surface area contributed by atoms with E-state index in [9.17, 15) is 13.2 Å². The van der Waals surface area contributed by atoms with E-state index in [0.717, 1.165) is 13.0 Å². The van der Waals surface area contributed by atoms with Crippen LogP contribution in [0.15, 0.2) is 0 Å². The lowest BCUT2D eigenvalue weighted by atomic mass is 10.2. The van der Waals surface area contributed by atoms with E-state index in [1.807, 2.05) is 0 Å². The minimum absolute atomic E-state index is 0.0562. The van der Waals surface area contributed by atoms with Crippen LogP contribution in [-0.4, -0.2) is 54.7 Å². The molecule has 2 fully saturated rings. The van der Waals surface area contributed by atoms with E-state index in [2.05, 4.69) is 5.32 Å². The summed E-state index contributed by atoms with van der Waals surface area (Å²) < 4.78 is 25.0. The van der Waals surface area contributed by atoms with Gasteiger partial charge in [0.15, 0.2) is 5.25 Å². The van der Waals surface area contributed by atoms with E-state index in [-0.39, 0.29) is 12.5 Å². The lowest BCUT2D eigenvalue weighted by molar-refractivity contribution is -0.136. The Labute approximate surface area is 88.3 Å². The number of rotatable bonds is 2. The minimum atomic E-state index is -3.62. The number of hydrogen-bond acceptors (Lipinski definition) is 4. The van der Waals surface area contributed by atoms with E-state index >= 15 is 0 Å². The van der Waals surface area contributed by atoms with Gasteiger partial charge in [-0.05, 0) is 19.4 Å². The number of carboxylic acids is 1. The zero-order chi connectivity index (χ0) is 11.1. The van der Waals surface area contributed by atoms with Crippen LogP contribution in [0.4, 0.5) is 0 Å². The zero-order valence-electron chi connectivity index (χ0n) is 8.22. The van der Waals surface area contributed by atoms with Crippen LogP contribution in [0.1, 0.15) is 12.8 Å². The van der Waals surface area contributed by atoms with E-state index < -0.39 is 21.2 Å². The molecule has 0 bridgehead atoms. The highest BCUT2D eigenvalue weighted by Crippen LogP contribution is 2.26. The van der Waals surface area contributed by atoms with Gasteiger partial charge in [-0.1, -0.05) is 0 Å². The summed E-state index contributed by atoms with van der Waals surface area (Å²) in [6.07, 6.45) is 0.972. The standard InChI is InChI=1S/C8H14N2O4S/c11-8(12)7-2-4-10(15(7,13)14)6-1-3-9-5-6/h6-7,9H,1-5H2,(H,11,12). The summed E-state index contributed by atoms with van der Waals surface area (Å²) in [5, 5.41) is 10.6. The second-order valence-corrected chi connectivity index (χ2v) is 5.99. The molecule has 0 aromatic carbocycles. The van der Waals surface area contributed by atoms with Gasteiger partial charge in [-0.15, -0.1) is 0 Å². The van der Waals surface area contributed by atoms with Crippen molar-refractivity contribution in [2.75, 3.05) is 19.6 Å². The van der Waals surface area contributed by atoms with Crippen molar-refractivity contribution >= 4 is 16.0 Å². The van der Waals surface area contributed by atoms with Crippen molar-refractivity contribution in [3.8, 4) is 0 Å². The van der Waals surface area contributed by atoms with Gasteiger partial charge in [-0.25, -0.2) is 8.42 Å². The fraction of sp³-hybridized carbons (Fsp3) is 0.875. The van der Waals surface area contributed by atoms with Crippen LogP contribution in [0.5, 0.6) is 0 Å². The number of nitrogens with one attached hydrogen (secondary N) is 1.